The van der Waals surface area contributed by atoms with Crippen molar-refractivity contribution in [1.29, 1.82) is 5.41 Å². The Balaban J connectivity index is 1.86. The predicted molar refractivity (Wildman–Crippen MR) is 140 cm³/mol. The lowest BCUT2D eigenvalue weighted by Crippen LogP contribution is -2.48. The van der Waals surface area contributed by atoms with Gasteiger partial charge >= 0.3 is 0 Å². The smallest absolute Gasteiger partial charge is 0.168 e. The van der Waals surface area contributed by atoms with Crippen LogP contribution in [0.4, 0.5) is 0 Å². The van der Waals surface area contributed by atoms with Crippen molar-refractivity contribution in [3.05, 3.63) is 144 Å². The van der Waals surface area contributed by atoms with Crippen LogP contribution in [0.1, 0.15) is 35.6 Å². The molecule has 35 heavy (non-hydrogen) atoms. The van der Waals surface area contributed by atoms with Gasteiger partial charge in [0.25, 0.3) is 0 Å². The van der Waals surface area contributed by atoms with Gasteiger partial charge in [-0.25, -0.2) is 0 Å². The fourth-order valence-electron chi connectivity index (χ4n) is 4.84. The topological polar surface area (TPSA) is 47.2 Å². The van der Waals surface area contributed by atoms with Crippen LogP contribution in [-0.4, -0.2) is 11.7 Å². The van der Waals surface area contributed by atoms with Crippen molar-refractivity contribution in [3.8, 4) is 5.75 Å². The first-order valence-electron chi connectivity index (χ1n) is 11.8. The van der Waals surface area contributed by atoms with Crippen molar-refractivity contribution in [1.82, 2.24) is 4.57 Å². The SMILES string of the molecule is C=CC(C(C)c1ccccc1)(C(OC)c1ccccc1)n1cccc(OCc2ccccc2)c1=N. The maximum Gasteiger partial charge on any atom is 0.168 e. The molecule has 1 aromatic heterocycles. The minimum Gasteiger partial charge on any atom is -0.485 e. The van der Waals surface area contributed by atoms with E-state index in [0.29, 0.717) is 12.4 Å². The van der Waals surface area contributed by atoms with Crippen LogP contribution in [0.25, 0.3) is 0 Å². The van der Waals surface area contributed by atoms with E-state index >= 15 is 0 Å². The minimum atomic E-state index is -0.805. The molecule has 4 aromatic rings. The summed E-state index contributed by atoms with van der Waals surface area (Å²) >= 11 is 0. The van der Waals surface area contributed by atoms with Crippen LogP contribution >= 0.6 is 0 Å². The molecule has 0 spiro atoms. The molecule has 0 bridgehead atoms. The van der Waals surface area contributed by atoms with Gasteiger partial charge in [-0.2, -0.15) is 0 Å². The summed E-state index contributed by atoms with van der Waals surface area (Å²) in [5.74, 6) is 0.440. The van der Waals surface area contributed by atoms with Gasteiger partial charge in [0.1, 0.15) is 18.2 Å². The van der Waals surface area contributed by atoms with E-state index in [1.54, 1.807) is 7.11 Å². The van der Waals surface area contributed by atoms with E-state index in [2.05, 4.69) is 37.8 Å². The Bertz CT molecular complexity index is 1290. The number of methoxy groups -OCH3 is 1. The highest BCUT2D eigenvalue weighted by Crippen LogP contribution is 2.46. The van der Waals surface area contributed by atoms with Crippen LogP contribution in [0, 0.1) is 5.41 Å². The fourth-order valence-corrected chi connectivity index (χ4v) is 4.84. The monoisotopic (exact) mass is 464 g/mol. The Hall–Kier alpha value is -3.89. The van der Waals surface area contributed by atoms with Gasteiger partial charge in [0.2, 0.25) is 0 Å². The summed E-state index contributed by atoms with van der Waals surface area (Å²) in [5, 5.41) is 9.19. The van der Waals surface area contributed by atoms with E-state index in [4.69, 9.17) is 9.47 Å². The average Bonchev–Trinajstić information content (AvgIpc) is 2.92. The number of hydrogen-bond acceptors (Lipinski definition) is 3. The van der Waals surface area contributed by atoms with Crippen LogP contribution < -0.4 is 10.2 Å². The fraction of sp³-hybridized carbons (Fsp3) is 0.194. The molecule has 0 aliphatic carbocycles. The van der Waals surface area contributed by atoms with Gasteiger partial charge in [-0.1, -0.05) is 104 Å². The van der Waals surface area contributed by atoms with E-state index in [9.17, 15) is 5.41 Å². The van der Waals surface area contributed by atoms with E-state index in [0.717, 1.165) is 16.7 Å². The third kappa shape index (κ3) is 4.84. The van der Waals surface area contributed by atoms with Gasteiger partial charge in [0.05, 0.1) is 0 Å². The van der Waals surface area contributed by atoms with Crippen LogP contribution in [0.2, 0.25) is 0 Å². The number of rotatable bonds is 10. The minimum absolute atomic E-state index is 0.0650. The number of ether oxygens (including phenoxy) is 2. The Kier molecular flexibility index (Phi) is 7.64. The Morgan fingerprint density at radius 3 is 2.00 bits per heavy atom. The molecule has 3 unspecified atom stereocenters. The van der Waals surface area contributed by atoms with Gasteiger partial charge in [0.15, 0.2) is 11.2 Å². The molecule has 0 fully saturated rings. The molecular weight excluding hydrogens is 432 g/mol. The normalized spacial score (nSPS) is 14.5. The summed E-state index contributed by atoms with van der Waals surface area (Å²) in [7, 11) is 1.72. The second-order valence-corrected chi connectivity index (χ2v) is 8.62. The van der Waals surface area contributed by atoms with E-state index in [1.807, 2.05) is 95.7 Å². The van der Waals surface area contributed by atoms with Crippen molar-refractivity contribution in [2.75, 3.05) is 7.11 Å². The van der Waals surface area contributed by atoms with Crippen molar-refractivity contribution in [2.45, 2.75) is 31.1 Å². The summed E-state index contributed by atoms with van der Waals surface area (Å²) in [6, 6.07) is 34.2. The van der Waals surface area contributed by atoms with Gasteiger partial charge in [-0.05, 0) is 28.8 Å². The highest BCUT2D eigenvalue weighted by atomic mass is 16.5. The lowest BCUT2D eigenvalue weighted by Gasteiger charge is -2.44. The van der Waals surface area contributed by atoms with E-state index < -0.39 is 11.6 Å². The van der Waals surface area contributed by atoms with Crippen molar-refractivity contribution >= 4 is 0 Å². The van der Waals surface area contributed by atoms with Crippen LogP contribution in [0.15, 0.2) is 122 Å². The van der Waals surface area contributed by atoms with Gasteiger partial charge in [0, 0.05) is 19.2 Å². The molecule has 3 atom stereocenters. The van der Waals surface area contributed by atoms with Gasteiger partial charge < -0.3 is 14.0 Å². The van der Waals surface area contributed by atoms with Crippen molar-refractivity contribution in [3.63, 3.8) is 0 Å². The summed E-state index contributed by atoms with van der Waals surface area (Å²) in [6.07, 6.45) is 3.45. The number of hydrogen-bond donors (Lipinski definition) is 1. The second kappa shape index (κ2) is 11.0. The highest BCUT2D eigenvalue weighted by molar-refractivity contribution is 5.33. The number of aromatic nitrogens is 1. The molecule has 1 N–H and O–H groups in total. The molecule has 178 valence electrons. The average molecular weight is 465 g/mol. The zero-order valence-electron chi connectivity index (χ0n) is 20.3. The van der Waals surface area contributed by atoms with Crippen LogP contribution in [0.3, 0.4) is 0 Å². The van der Waals surface area contributed by atoms with Crippen molar-refractivity contribution in [2.24, 2.45) is 0 Å². The number of benzene rings is 3. The Morgan fingerprint density at radius 2 is 1.43 bits per heavy atom. The molecule has 4 rings (SSSR count). The van der Waals surface area contributed by atoms with E-state index in [-0.39, 0.29) is 11.4 Å². The first kappa shape index (κ1) is 24.2. The lowest BCUT2D eigenvalue weighted by molar-refractivity contribution is 0.00340. The zero-order valence-corrected chi connectivity index (χ0v) is 20.3. The van der Waals surface area contributed by atoms with Crippen LogP contribution in [-0.2, 0) is 16.9 Å². The van der Waals surface area contributed by atoms with E-state index in [1.165, 1.54) is 0 Å². The molecule has 0 radical (unpaired) electrons. The molecule has 4 heteroatoms. The molecule has 3 aromatic carbocycles. The van der Waals surface area contributed by atoms with Crippen molar-refractivity contribution < 1.29 is 9.47 Å². The maximum atomic E-state index is 9.19. The number of nitrogens with zero attached hydrogens (tertiary/aromatic N) is 1. The first-order chi connectivity index (χ1) is 17.1. The molecule has 0 aliphatic rings. The summed E-state index contributed by atoms with van der Waals surface area (Å²) < 4.78 is 14.3. The predicted octanol–water partition coefficient (Wildman–Crippen LogP) is 6.62. The first-order valence-corrected chi connectivity index (χ1v) is 11.8. The summed E-state index contributed by atoms with van der Waals surface area (Å²) in [5.41, 5.74) is 2.66. The maximum absolute atomic E-state index is 9.19. The second-order valence-electron chi connectivity index (χ2n) is 8.62. The molecule has 0 saturated carbocycles. The lowest BCUT2D eigenvalue weighted by atomic mass is 9.73. The Labute approximate surface area is 207 Å². The third-order valence-electron chi connectivity index (χ3n) is 6.69. The largest absolute Gasteiger partial charge is 0.485 e. The Morgan fingerprint density at radius 1 is 0.857 bits per heavy atom. The highest BCUT2D eigenvalue weighted by Gasteiger charge is 2.45. The third-order valence-corrected chi connectivity index (χ3v) is 6.69. The molecule has 0 amide bonds. The molecule has 0 saturated heterocycles. The molecule has 0 aliphatic heterocycles. The van der Waals surface area contributed by atoms with Gasteiger partial charge in [-0.15, -0.1) is 6.58 Å². The number of nitrogens with one attached hydrogen (secondary N) is 1. The van der Waals surface area contributed by atoms with Crippen LogP contribution in [0.5, 0.6) is 5.75 Å². The summed E-state index contributed by atoms with van der Waals surface area (Å²) in [6.45, 7) is 6.84. The number of pyridine rings is 1. The molecule has 4 nitrogen and oxygen atoms in total. The standard InChI is InChI=1S/C31H32N2O2/c1-4-31(24(2)26-17-10-6-11-18-26,29(34-3)27-19-12-7-13-20-27)33-22-14-21-28(30(33)32)35-23-25-15-8-5-9-16-25/h4-22,24,29,32H,1,23H2,2-3H3. The van der Waals surface area contributed by atoms with Gasteiger partial charge in [-0.3, -0.25) is 5.41 Å². The molecule has 1 heterocycles. The quantitative estimate of drug-likeness (QED) is 0.268. The zero-order chi connectivity index (χ0) is 24.7. The summed E-state index contributed by atoms with van der Waals surface area (Å²) in [4.78, 5) is 0. The molecular formula is C31H32N2O2.